The van der Waals surface area contributed by atoms with Crippen molar-refractivity contribution in [3.63, 3.8) is 0 Å². The molecule has 4 aliphatic rings. The first kappa shape index (κ1) is 19.7. The molecule has 2 aromatic rings. The molecule has 9 heteroatoms. The Kier molecular flexibility index (Phi) is 4.50. The summed E-state index contributed by atoms with van der Waals surface area (Å²) in [6.07, 6.45) is 5.50. The van der Waals surface area contributed by atoms with Crippen LogP contribution in [0.2, 0.25) is 0 Å². The quantitative estimate of drug-likeness (QED) is 0.259. The molecule has 4 aliphatic carbocycles. The molecule has 4 bridgehead atoms. The van der Waals surface area contributed by atoms with E-state index in [0.717, 1.165) is 32.1 Å². The average molecular weight is 476 g/mol. The van der Waals surface area contributed by atoms with Crippen molar-refractivity contribution in [1.29, 1.82) is 0 Å². The summed E-state index contributed by atoms with van der Waals surface area (Å²) < 4.78 is 11.6. The molecule has 0 radical (unpaired) electrons. The van der Waals surface area contributed by atoms with E-state index in [1.54, 1.807) is 19.1 Å². The van der Waals surface area contributed by atoms with Gasteiger partial charge >= 0.3 is 5.97 Å². The van der Waals surface area contributed by atoms with Gasteiger partial charge in [-0.05, 0) is 69.4 Å². The van der Waals surface area contributed by atoms with Crippen molar-refractivity contribution in [2.24, 2.45) is 17.3 Å². The standard InChI is InChI=1S/C21H22BrN3O5/c1-12(17-23-24-18(30-17)15-2-4-16(5-3-15)25(27)28)29-19(26)20-7-13-6-14(8-20)10-21(22,9-13)11-20/h2-5,12-14H,6-11H2,1H3/t12-,13-,14-,20?,21?/m1/s1. The number of carbonyl (C=O) groups is 1. The Bertz CT molecular complexity index is 990. The van der Waals surface area contributed by atoms with Crippen molar-refractivity contribution in [1.82, 2.24) is 10.2 Å². The highest BCUT2D eigenvalue weighted by atomic mass is 79.9. The minimum Gasteiger partial charge on any atom is -0.452 e. The van der Waals surface area contributed by atoms with Gasteiger partial charge in [0.05, 0.1) is 10.3 Å². The van der Waals surface area contributed by atoms with E-state index in [1.807, 2.05) is 0 Å². The van der Waals surface area contributed by atoms with Gasteiger partial charge in [-0.15, -0.1) is 10.2 Å². The number of hydrogen-bond donors (Lipinski definition) is 0. The van der Waals surface area contributed by atoms with E-state index >= 15 is 0 Å². The second kappa shape index (κ2) is 6.87. The van der Waals surface area contributed by atoms with E-state index in [2.05, 4.69) is 26.1 Å². The van der Waals surface area contributed by atoms with Crippen LogP contribution in [0, 0.1) is 27.4 Å². The minimum atomic E-state index is -0.656. The van der Waals surface area contributed by atoms with Gasteiger partial charge in [0.15, 0.2) is 6.10 Å². The molecule has 0 aliphatic heterocycles. The van der Waals surface area contributed by atoms with Crippen LogP contribution in [0.3, 0.4) is 0 Å². The highest BCUT2D eigenvalue weighted by molar-refractivity contribution is 9.10. The number of nitrogens with zero attached hydrogens (tertiary/aromatic N) is 3. The Morgan fingerprint density at radius 2 is 1.90 bits per heavy atom. The topological polar surface area (TPSA) is 108 Å². The Hall–Kier alpha value is -2.29. The lowest BCUT2D eigenvalue weighted by atomic mass is 9.49. The maximum absolute atomic E-state index is 13.2. The third-order valence-corrected chi connectivity index (χ3v) is 7.75. The van der Waals surface area contributed by atoms with Crippen LogP contribution < -0.4 is 0 Å². The van der Waals surface area contributed by atoms with E-state index in [0.29, 0.717) is 17.4 Å². The van der Waals surface area contributed by atoms with Gasteiger partial charge in [0.2, 0.25) is 5.89 Å². The van der Waals surface area contributed by atoms with Gasteiger partial charge in [-0.25, -0.2) is 0 Å². The van der Waals surface area contributed by atoms with Crippen LogP contribution in [0.5, 0.6) is 0 Å². The Morgan fingerprint density at radius 1 is 1.23 bits per heavy atom. The van der Waals surface area contributed by atoms with Crippen LogP contribution in [-0.2, 0) is 9.53 Å². The summed E-state index contributed by atoms with van der Waals surface area (Å²) >= 11 is 3.92. The number of rotatable bonds is 5. The van der Waals surface area contributed by atoms with Crippen LogP contribution >= 0.6 is 15.9 Å². The number of nitro groups is 1. The summed E-state index contributed by atoms with van der Waals surface area (Å²) in [5.74, 6) is 1.46. The van der Waals surface area contributed by atoms with Crippen LogP contribution in [0.25, 0.3) is 11.5 Å². The molecule has 0 N–H and O–H groups in total. The zero-order valence-electron chi connectivity index (χ0n) is 16.5. The molecular weight excluding hydrogens is 454 g/mol. The molecule has 1 aromatic carbocycles. The zero-order valence-corrected chi connectivity index (χ0v) is 18.1. The van der Waals surface area contributed by atoms with Crippen LogP contribution in [0.15, 0.2) is 28.7 Å². The molecule has 1 aromatic heterocycles. The van der Waals surface area contributed by atoms with E-state index < -0.39 is 16.4 Å². The molecule has 4 saturated carbocycles. The number of alkyl halides is 1. The number of esters is 1. The van der Waals surface area contributed by atoms with Crippen LogP contribution in [0.4, 0.5) is 5.69 Å². The molecular formula is C21H22BrN3O5. The molecule has 8 nitrogen and oxygen atoms in total. The van der Waals surface area contributed by atoms with Crippen molar-refractivity contribution < 1.29 is 18.9 Å². The molecule has 30 heavy (non-hydrogen) atoms. The molecule has 1 heterocycles. The lowest BCUT2D eigenvalue weighted by molar-refractivity contribution is -0.384. The fraction of sp³-hybridized carbons (Fsp3) is 0.571. The number of benzene rings is 1. The summed E-state index contributed by atoms with van der Waals surface area (Å²) in [6.45, 7) is 1.73. The van der Waals surface area contributed by atoms with Gasteiger partial charge < -0.3 is 9.15 Å². The molecule has 4 fully saturated rings. The SMILES string of the molecule is C[C@@H](OC(=O)C12C[C@H]3C[C@@H](CC(Br)(C3)C1)C2)c1nnc(-c2ccc([N+](=O)[O-])cc2)o1. The number of carbonyl (C=O) groups excluding carboxylic acids is 1. The average Bonchev–Trinajstić information content (AvgIpc) is 3.16. The van der Waals surface area contributed by atoms with Crippen LogP contribution in [0.1, 0.15) is 57.4 Å². The molecule has 0 spiro atoms. The summed E-state index contributed by atoms with van der Waals surface area (Å²) in [5.41, 5.74) is 0.143. The van der Waals surface area contributed by atoms with E-state index in [4.69, 9.17) is 9.15 Å². The lowest BCUT2D eigenvalue weighted by Crippen LogP contribution is -2.56. The highest BCUT2D eigenvalue weighted by Crippen LogP contribution is 2.64. The number of hydrogen-bond acceptors (Lipinski definition) is 7. The van der Waals surface area contributed by atoms with Gasteiger partial charge in [-0.3, -0.25) is 14.9 Å². The van der Waals surface area contributed by atoms with E-state index in [-0.39, 0.29) is 27.8 Å². The van der Waals surface area contributed by atoms with Crippen molar-refractivity contribution >= 4 is 27.6 Å². The van der Waals surface area contributed by atoms with Gasteiger partial charge in [0.1, 0.15) is 0 Å². The molecule has 0 unspecified atom stereocenters. The van der Waals surface area contributed by atoms with Crippen LogP contribution in [-0.4, -0.2) is 25.4 Å². The van der Waals surface area contributed by atoms with E-state index in [9.17, 15) is 14.9 Å². The summed E-state index contributed by atoms with van der Waals surface area (Å²) in [4.78, 5) is 23.5. The number of non-ortho nitro benzene ring substituents is 1. The summed E-state index contributed by atoms with van der Waals surface area (Å²) in [6, 6.07) is 5.87. The smallest absolute Gasteiger partial charge is 0.312 e. The van der Waals surface area contributed by atoms with E-state index in [1.165, 1.54) is 18.6 Å². The number of ether oxygens (including phenoxy) is 1. The van der Waals surface area contributed by atoms with Gasteiger partial charge in [0, 0.05) is 22.0 Å². The molecule has 6 rings (SSSR count). The third-order valence-electron chi connectivity index (χ3n) is 6.82. The first-order valence-corrected chi connectivity index (χ1v) is 11.0. The summed E-state index contributed by atoms with van der Waals surface area (Å²) in [5, 5.41) is 18.8. The van der Waals surface area contributed by atoms with Crippen molar-refractivity contribution in [3.05, 3.63) is 40.3 Å². The zero-order chi connectivity index (χ0) is 21.1. The van der Waals surface area contributed by atoms with Crippen molar-refractivity contribution in [2.45, 2.75) is 55.9 Å². The van der Waals surface area contributed by atoms with Crippen molar-refractivity contribution in [2.75, 3.05) is 0 Å². The number of nitro benzene ring substituents is 1. The van der Waals surface area contributed by atoms with Gasteiger partial charge in [0.25, 0.3) is 11.6 Å². The Morgan fingerprint density at radius 3 is 2.50 bits per heavy atom. The fourth-order valence-electron chi connectivity index (χ4n) is 5.97. The molecule has 3 atom stereocenters. The maximum atomic E-state index is 13.2. The lowest BCUT2D eigenvalue weighted by Gasteiger charge is -2.58. The number of aromatic nitrogens is 2. The highest BCUT2D eigenvalue weighted by Gasteiger charge is 2.60. The van der Waals surface area contributed by atoms with Gasteiger partial charge in [-0.2, -0.15) is 0 Å². The number of halogens is 1. The molecule has 158 valence electrons. The molecule has 0 amide bonds. The first-order chi connectivity index (χ1) is 14.3. The second-order valence-electron chi connectivity index (χ2n) is 9.19. The summed E-state index contributed by atoms with van der Waals surface area (Å²) in [7, 11) is 0. The molecule has 0 saturated heterocycles. The Labute approximate surface area is 181 Å². The third kappa shape index (κ3) is 3.33. The Balaban J connectivity index is 1.30. The predicted molar refractivity (Wildman–Crippen MR) is 110 cm³/mol. The fourth-order valence-corrected chi connectivity index (χ4v) is 7.42. The normalized spacial score (nSPS) is 32.7. The minimum absolute atomic E-state index is 0.0130. The van der Waals surface area contributed by atoms with Crippen molar-refractivity contribution in [3.8, 4) is 11.5 Å². The largest absolute Gasteiger partial charge is 0.452 e. The second-order valence-corrected chi connectivity index (χ2v) is 10.9. The maximum Gasteiger partial charge on any atom is 0.312 e. The van der Waals surface area contributed by atoms with Gasteiger partial charge in [-0.1, -0.05) is 15.9 Å². The monoisotopic (exact) mass is 475 g/mol. The first-order valence-electron chi connectivity index (χ1n) is 10.2. The predicted octanol–water partition coefficient (Wildman–Crippen LogP) is 4.98.